The molecule has 1 aromatic rings. The fraction of sp³-hybridized carbons (Fsp3) is 0.286. The van der Waals surface area contributed by atoms with Crippen LogP contribution in [0.3, 0.4) is 0 Å². The molecule has 0 saturated carbocycles. The van der Waals surface area contributed by atoms with Gasteiger partial charge < -0.3 is 9.62 Å². The fourth-order valence-electron chi connectivity index (χ4n) is 1.31. The molecule has 0 saturated heterocycles. The number of hydrogen-bond donors (Lipinski definition) is 1. The molecule has 0 spiro atoms. The first kappa shape index (κ1) is 14.9. The molecular formula is C14H16O5. The van der Waals surface area contributed by atoms with Crippen molar-refractivity contribution in [2.45, 2.75) is 19.8 Å². The molecule has 102 valence electrons. The normalized spacial score (nSPS) is 10.9. The SMILES string of the molecule is CCCCOC(=O)C(=CC(=O)c1ccccc1)OO. The van der Waals surface area contributed by atoms with E-state index < -0.39 is 17.5 Å². The van der Waals surface area contributed by atoms with Crippen molar-refractivity contribution in [3.05, 3.63) is 47.7 Å². The number of carbonyl (C=O) groups excluding carboxylic acids is 2. The number of ether oxygens (including phenoxy) is 1. The van der Waals surface area contributed by atoms with Gasteiger partial charge in [-0.3, -0.25) is 4.79 Å². The predicted molar refractivity (Wildman–Crippen MR) is 68.4 cm³/mol. The summed E-state index contributed by atoms with van der Waals surface area (Å²) in [5.74, 6) is -1.83. The number of esters is 1. The summed E-state index contributed by atoms with van der Waals surface area (Å²) in [6.07, 6.45) is 2.48. The van der Waals surface area contributed by atoms with Crippen molar-refractivity contribution >= 4 is 11.8 Å². The number of carbonyl (C=O) groups is 2. The van der Waals surface area contributed by atoms with E-state index in [2.05, 4.69) is 4.89 Å². The third-order valence-electron chi connectivity index (χ3n) is 2.35. The van der Waals surface area contributed by atoms with Gasteiger partial charge in [0.15, 0.2) is 5.78 Å². The van der Waals surface area contributed by atoms with Crippen LogP contribution in [0.2, 0.25) is 0 Å². The van der Waals surface area contributed by atoms with Crippen molar-refractivity contribution in [2.24, 2.45) is 0 Å². The topological polar surface area (TPSA) is 72.8 Å². The highest BCUT2D eigenvalue weighted by molar-refractivity contribution is 6.07. The molecule has 5 heteroatoms. The molecule has 1 rings (SSSR count). The molecule has 0 aliphatic rings. The van der Waals surface area contributed by atoms with Gasteiger partial charge in [-0.05, 0) is 6.42 Å². The van der Waals surface area contributed by atoms with Crippen LogP contribution in [0.5, 0.6) is 0 Å². The number of rotatable bonds is 7. The van der Waals surface area contributed by atoms with Gasteiger partial charge in [0, 0.05) is 11.6 Å². The summed E-state index contributed by atoms with van der Waals surface area (Å²) in [7, 11) is 0. The Morgan fingerprint density at radius 3 is 2.53 bits per heavy atom. The minimum Gasteiger partial charge on any atom is -0.460 e. The largest absolute Gasteiger partial charge is 0.460 e. The minimum absolute atomic E-state index is 0.218. The van der Waals surface area contributed by atoms with E-state index in [9.17, 15) is 9.59 Å². The van der Waals surface area contributed by atoms with Crippen molar-refractivity contribution in [3.63, 3.8) is 0 Å². The monoisotopic (exact) mass is 264 g/mol. The van der Waals surface area contributed by atoms with Gasteiger partial charge >= 0.3 is 5.97 Å². The van der Waals surface area contributed by atoms with Crippen molar-refractivity contribution in [3.8, 4) is 0 Å². The van der Waals surface area contributed by atoms with Gasteiger partial charge in [-0.2, -0.15) is 0 Å². The van der Waals surface area contributed by atoms with E-state index in [4.69, 9.17) is 9.99 Å². The summed E-state index contributed by atoms with van der Waals surface area (Å²) in [6, 6.07) is 8.34. The van der Waals surface area contributed by atoms with Gasteiger partial charge in [0.2, 0.25) is 0 Å². The second kappa shape index (κ2) is 8.05. The lowest BCUT2D eigenvalue weighted by molar-refractivity contribution is -0.212. The molecule has 19 heavy (non-hydrogen) atoms. The zero-order valence-corrected chi connectivity index (χ0v) is 10.7. The van der Waals surface area contributed by atoms with Gasteiger partial charge in [-0.15, -0.1) is 0 Å². The Labute approximate surface area is 111 Å². The number of hydrogen-bond acceptors (Lipinski definition) is 5. The summed E-state index contributed by atoms with van der Waals surface area (Å²) in [4.78, 5) is 27.2. The first-order valence-corrected chi connectivity index (χ1v) is 5.98. The molecule has 0 aliphatic heterocycles. The van der Waals surface area contributed by atoms with Crippen LogP contribution >= 0.6 is 0 Å². The maximum atomic E-state index is 11.8. The Morgan fingerprint density at radius 2 is 1.95 bits per heavy atom. The van der Waals surface area contributed by atoms with Crippen LogP contribution in [-0.2, 0) is 14.4 Å². The molecule has 0 aliphatic carbocycles. The van der Waals surface area contributed by atoms with E-state index in [-0.39, 0.29) is 6.61 Å². The Bertz CT molecular complexity index is 450. The van der Waals surface area contributed by atoms with E-state index in [1.54, 1.807) is 30.3 Å². The quantitative estimate of drug-likeness (QED) is 0.156. The average molecular weight is 264 g/mol. The molecule has 1 aromatic carbocycles. The fourth-order valence-corrected chi connectivity index (χ4v) is 1.31. The molecule has 0 fully saturated rings. The summed E-state index contributed by atoms with van der Waals surface area (Å²) >= 11 is 0. The molecule has 0 heterocycles. The number of benzene rings is 1. The summed E-state index contributed by atoms with van der Waals surface area (Å²) in [5, 5.41) is 8.63. The zero-order valence-electron chi connectivity index (χ0n) is 10.7. The minimum atomic E-state index is -0.861. The highest BCUT2D eigenvalue weighted by Crippen LogP contribution is 2.06. The van der Waals surface area contributed by atoms with Crippen molar-refractivity contribution in [1.82, 2.24) is 0 Å². The molecule has 5 nitrogen and oxygen atoms in total. The van der Waals surface area contributed by atoms with E-state index in [1.807, 2.05) is 6.92 Å². The molecule has 0 bridgehead atoms. The van der Waals surface area contributed by atoms with Crippen LogP contribution in [0.4, 0.5) is 0 Å². The summed E-state index contributed by atoms with van der Waals surface area (Å²) in [5.41, 5.74) is 0.387. The lowest BCUT2D eigenvalue weighted by Gasteiger charge is -2.04. The summed E-state index contributed by atoms with van der Waals surface area (Å²) in [6.45, 7) is 2.17. The molecule has 0 unspecified atom stereocenters. The standard InChI is InChI=1S/C14H16O5/c1-2-3-9-18-14(16)13(19-17)10-12(15)11-7-5-4-6-8-11/h4-8,10,17H,2-3,9H2,1H3. The molecule has 0 radical (unpaired) electrons. The zero-order chi connectivity index (χ0) is 14.1. The molecule has 0 atom stereocenters. The molecule has 0 amide bonds. The number of ketones is 1. The maximum Gasteiger partial charge on any atom is 0.377 e. The Morgan fingerprint density at radius 1 is 1.26 bits per heavy atom. The smallest absolute Gasteiger partial charge is 0.377 e. The highest BCUT2D eigenvalue weighted by Gasteiger charge is 2.16. The van der Waals surface area contributed by atoms with Crippen LogP contribution in [0.15, 0.2) is 42.2 Å². The van der Waals surface area contributed by atoms with Crippen molar-refractivity contribution < 1.29 is 24.5 Å². The van der Waals surface area contributed by atoms with E-state index in [0.29, 0.717) is 12.0 Å². The first-order chi connectivity index (χ1) is 9.19. The number of allylic oxidation sites excluding steroid dienone is 1. The van der Waals surface area contributed by atoms with Crippen molar-refractivity contribution in [2.75, 3.05) is 6.61 Å². The lowest BCUT2D eigenvalue weighted by atomic mass is 10.1. The van der Waals surface area contributed by atoms with Gasteiger partial charge in [-0.25, -0.2) is 10.1 Å². The van der Waals surface area contributed by atoms with Crippen LogP contribution < -0.4 is 0 Å². The molecular weight excluding hydrogens is 248 g/mol. The molecule has 0 aromatic heterocycles. The Balaban J connectivity index is 2.70. The van der Waals surface area contributed by atoms with E-state index in [1.165, 1.54) is 0 Å². The second-order valence-corrected chi connectivity index (χ2v) is 3.82. The van der Waals surface area contributed by atoms with Crippen LogP contribution in [0, 0.1) is 0 Å². The average Bonchev–Trinajstić information content (AvgIpc) is 2.45. The second-order valence-electron chi connectivity index (χ2n) is 3.82. The third-order valence-corrected chi connectivity index (χ3v) is 2.35. The van der Waals surface area contributed by atoms with Crippen LogP contribution in [0.1, 0.15) is 30.1 Å². The Hall–Kier alpha value is -2.14. The van der Waals surface area contributed by atoms with Gasteiger partial charge in [0.05, 0.1) is 6.61 Å². The predicted octanol–water partition coefficient (Wildman–Crippen LogP) is 2.59. The first-order valence-electron chi connectivity index (χ1n) is 5.98. The van der Waals surface area contributed by atoms with Gasteiger partial charge in [0.25, 0.3) is 5.76 Å². The Kier molecular flexibility index (Phi) is 6.32. The molecule has 1 N–H and O–H groups in total. The van der Waals surface area contributed by atoms with Crippen molar-refractivity contribution in [1.29, 1.82) is 0 Å². The number of unbranched alkanes of at least 4 members (excludes halogenated alkanes) is 1. The van der Waals surface area contributed by atoms with Crippen LogP contribution in [-0.4, -0.2) is 23.6 Å². The highest BCUT2D eigenvalue weighted by atomic mass is 17.1. The van der Waals surface area contributed by atoms with Gasteiger partial charge in [-0.1, -0.05) is 43.7 Å². The maximum absolute atomic E-state index is 11.8. The van der Waals surface area contributed by atoms with E-state index >= 15 is 0 Å². The van der Waals surface area contributed by atoms with Gasteiger partial charge in [0.1, 0.15) is 0 Å². The van der Waals surface area contributed by atoms with E-state index in [0.717, 1.165) is 12.5 Å². The lowest BCUT2D eigenvalue weighted by Crippen LogP contribution is -2.12. The third kappa shape index (κ3) is 4.93. The summed E-state index contributed by atoms with van der Waals surface area (Å²) < 4.78 is 4.83. The van der Waals surface area contributed by atoms with Crippen LogP contribution in [0.25, 0.3) is 0 Å².